The molecule has 1 unspecified atom stereocenters. The van der Waals surface area contributed by atoms with Gasteiger partial charge in [-0.25, -0.2) is 13.1 Å². The molecule has 0 saturated carbocycles. The van der Waals surface area contributed by atoms with Crippen LogP contribution in [0.2, 0.25) is 0 Å². The number of thioether (sulfide) groups is 1. The van der Waals surface area contributed by atoms with Crippen LogP contribution in [0.4, 0.5) is 5.82 Å². The average molecular weight is 416 g/mol. The zero-order valence-corrected chi connectivity index (χ0v) is 17.1. The van der Waals surface area contributed by atoms with Gasteiger partial charge in [0, 0.05) is 11.0 Å². The fourth-order valence-corrected chi connectivity index (χ4v) is 5.88. The number of carbonyl (C=O) groups excluding carboxylic acids is 1. The summed E-state index contributed by atoms with van der Waals surface area (Å²) >= 11 is 1.47. The first-order valence-electron chi connectivity index (χ1n) is 9.08. The molecule has 1 N–H and O–H groups in total. The number of aryl methyl sites for hydroxylation is 1. The summed E-state index contributed by atoms with van der Waals surface area (Å²) in [5, 5.41) is 9.59. The van der Waals surface area contributed by atoms with Crippen molar-refractivity contribution in [2.45, 2.75) is 24.3 Å². The molecule has 6 nitrogen and oxygen atoms in total. The number of nitrogens with zero attached hydrogens (tertiary/aromatic N) is 2. The molecule has 1 aliphatic heterocycles. The topological polar surface area (TPSA) is 81.1 Å². The Labute approximate surface area is 168 Å². The van der Waals surface area contributed by atoms with Gasteiger partial charge in [0.1, 0.15) is 5.82 Å². The summed E-state index contributed by atoms with van der Waals surface area (Å²) in [7, 11) is -3.02. The summed E-state index contributed by atoms with van der Waals surface area (Å²) in [6.07, 6.45) is 0.526. The minimum Gasteiger partial charge on any atom is -0.310 e. The van der Waals surface area contributed by atoms with Gasteiger partial charge in [0.25, 0.3) is 0 Å². The van der Waals surface area contributed by atoms with E-state index in [1.54, 1.807) is 10.7 Å². The molecule has 2 aromatic carbocycles. The predicted octanol–water partition coefficient (Wildman–Crippen LogP) is 3.44. The first-order valence-corrected chi connectivity index (χ1v) is 11.9. The number of hydrogen-bond acceptors (Lipinski definition) is 5. The Kier molecular flexibility index (Phi) is 5.16. The van der Waals surface area contributed by atoms with E-state index < -0.39 is 9.84 Å². The molecule has 3 aromatic rings. The molecule has 0 aliphatic carbocycles. The standard InChI is InChI=1S/C20H21N3O3S2/c1-14-10-19(23(22-14)17-8-9-28(25,26)13-17)21-20(24)12-27-18-7-6-15-4-2-3-5-16(15)11-18/h2-7,10-11,17H,8-9,12-13H2,1H3,(H,21,24). The number of sulfone groups is 1. The van der Waals surface area contributed by atoms with Crippen molar-refractivity contribution >= 4 is 44.1 Å². The van der Waals surface area contributed by atoms with Crippen molar-refractivity contribution < 1.29 is 13.2 Å². The number of benzene rings is 2. The number of hydrogen-bond donors (Lipinski definition) is 1. The van der Waals surface area contributed by atoms with Crippen LogP contribution in [0.5, 0.6) is 0 Å². The van der Waals surface area contributed by atoms with E-state index >= 15 is 0 Å². The Morgan fingerprint density at radius 3 is 2.75 bits per heavy atom. The molecule has 0 bridgehead atoms. The Hall–Kier alpha value is -2.32. The van der Waals surface area contributed by atoms with Crippen molar-refractivity contribution in [3.8, 4) is 0 Å². The number of amides is 1. The molecule has 0 spiro atoms. The smallest absolute Gasteiger partial charge is 0.235 e. The average Bonchev–Trinajstić information content (AvgIpc) is 3.21. The second-order valence-electron chi connectivity index (χ2n) is 7.02. The molecule has 1 aliphatic rings. The summed E-state index contributed by atoms with van der Waals surface area (Å²) in [6.45, 7) is 1.83. The van der Waals surface area contributed by atoms with Crippen molar-refractivity contribution in [3.05, 3.63) is 54.2 Å². The summed E-state index contributed by atoms with van der Waals surface area (Å²) in [5.41, 5.74) is 0.752. The van der Waals surface area contributed by atoms with E-state index in [1.165, 1.54) is 17.1 Å². The van der Waals surface area contributed by atoms with Gasteiger partial charge in [0.15, 0.2) is 9.84 Å². The third-order valence-electron chi connectivity index (χ3n) is 4.77. The lowest BCUT2D eigenvalue weighted by molar-refractivity contribution is -0.113. The molecule has 1 aromatic heterocycles. The number of anilines is 1. The molecule has 8 heteroatoms. The molecule has 1 amide bonds. The maximum atomic E-state index is 12.5. The monoisotopic (exact) mass is 415 g/mol. The molecule has 1 saturated heterocycles. The lowest BCUT2D eigenvalue weighted by atomic mass is 10.1. The second-order valence-corrected chi connectivity index (χ2v) is 10.3. The molecule has 1 fully saturated rings. The maximum absolute atomic E-state index is 12.5. The molecule has 1 atom stereocenters. The first-order chi connectivity index (χ1) is 13.4. The SMILES string of the molecule is Cc1cc(NC(=O)CSc2ccc3ccccc3c2)n(C2CCS(=O)(=O)C2)n1. The Balaban J connectivity index is 1.42. The highest BCUT2D eigenvalue weighted by Crippen LogP contribution is 2.28. The highest BCUT2D eigenvalue weighted by Gasteiger charge is 2.31. The van der Waals surface area contributed by atoms with Crippen LogP contribution in [-0.2, 0) is 14.6 Å². The highest BCUT2D eigenvalue weighted by molar-refractivity contribution is 8.00. The molecular formula is C20H21N3O3S2. The minimum atomic E-state index is -3.02. The zero-order valence-electron chi connectivity index (χ0n) is 15.5. The molecule has 28 heavy (non-hydrogen) atoms. The Bertz CT molecular complexity index is 1140. The molecule has 4 rings (SSSR count). The Morgan fingerprint density at radius 2 is 2.00 bits per heavy atom. The number of aromatic nitrogens is 2. The Morgan fingerprint density at radius 1 is 1.21 bits per heavy atom. The summed E-state index contributed by atoms with van der Waals surface area (Å²) < 4.78 is 25.2. The number of nitrogens with one attached hydrogen (secondary N) is 1. The van der Waals surface area contributed by atoms with Gasteiger partial charge in [-0.1, -0.05) is 30.3 Å². The molecule has 0 radical (unpaired) electrons. The summed E-state index contributed by atoms with van der Waals surface area (Å²) in [5.74, 6) is 0.930. The van der Waals surface area contributed by atoms with Crippen LogP contribution in [0.25, 0.3) is 10.8 Å². The van der Waals surface area contributed by atoms with Gasteiger partial charge in [0.2, 0.25) is 5.91 Å². The number of fused-ring (bicyclic) bond motifs is 1. The number of rotatable bonds is 5. The van der Waals surface area contributed by atoms with Crippen LogP contribution in [0.3, 0.4) is 0 Å². The van der Waals surface area contributed by atoms with Crippen LogP contribution in [0.1, 0.15) is 18.2 Å². The van der Waals surface area contributed by atoms with Gasteiger partial charge in [-0.3, -0.25) is 4.79 Å². The minimum absolute atomic E-state index is 0.0723. The summed E-state index contributed by atoms with van der Waals surface area (Å²) in [4.78, 5) is 13.5. The van der Waals surface area contributed by atoms with Gasteiger partial charge in [0.05, 0.1) is 29.0 Å². The molecule has 2 heterocycles. The van der Waals surface area contributed by atoms with Crippen LogP contribution < -0.4 is 5.32 Å². The maximum Gasteiger partial charge on any atom is 0.235 e. The zero-order chi connectivity index (χ0) is 19.7. The van der Waals surface area contributed by atoms with Crippen molar-refractivity contribution in [2.75, 3.05) is 22.6 Å². The van der Waals surface area contributed by atoms with Crippen LogP contribution in [0, 0.1) is 6.92 Å². The molecule has 146 valence electrons. The quantitative estimate of drug-likeness (QED) is 0.646. The lowest BCUT2D eigenvalue weighted by Gasteiger charge is -2.13. The lowest BCUT2D eigenvalue weighted by Crippen LogP contribution is -2.20. The van der Waals surface area contributed by atoms with Crippen LogP contribution in [0.15, 0.2) is 53.4 Å². The van der Waals surface area contributed by atoms with Crippen LogP contribution in [-0.4, -0.2) is 41.4 Å². The van der Waals surface area contributed by atoms with E-state index in [1.807, 2.05) is 25.1 Å². The number of carbonyl (C=O) groups is 1. The fraction of sp³-hybridized carbons (Fsp3) is 0.300. The van der Waals surface area contributed by atoms with Crippen molar-refractivity contribution in [2.24, 2.45) is 0 Å². The van der Waals surface area contributed by atoms with Crippen molar-refractivity contribution in [1.29, 1.82) is 0 Å². The van der Waals surface area contributed by atoms with E-state index in [0.29, 0.717) is 12.2 Å². The van der Waals surface area contributed by atoms with Gasteiger partial charge in [-0.2, -0.15) is 5.10 Å². The van der Waals surface area contributed by atoms with E-state index in [0.717, 1.165) is 16.0 Å². The van der Waals surface area contributed by atoms with Crippen LogP contribution >= 0.6 is 11.8 Å². The van der Waals surface area contributed by atoms with Gasteiger partial charge < -0.3 is 5.32 Å². The third kappa shape index (κ3) is 4.23. The van der Waals surface area contributed by atoms with E-state index in [9.17, 15) is 13.2 Å². The van der Waals surface area contributed by atoms with Crippen molar-refractivity contribution in [3.63, 3.8) is 0 Å². The third-order valence-corrected chi connectivity index (χ3v) is 7.51. The predicted molar refractivity (Wildman–Crippen MR) is 113 cm³/mol. The second kappa shape index (κ2) is 7.60. The highest BCUT2D eigenvalue weighted by atomic mass is 32.2. The van der Waals surface area contributed by atoms with E-state index in [2.05, 4.69) is 34.7 Å². The normalized spacial score (nSPS) is 18.4. The van der Waals surface area contributed by atoms with Gasteiger partial charge in [-0.05, 0) is 36.2 Å². The van der Waals surface area contributed by atoms with E-state index in [4.69, 9.17) is 0 Å². The largest absolute Gasteiger partial charge is 0.310 e. The molecular weight excluding hydrogens is 394 g/mol. The van der Waals surface area contributed by atoms with Gasteiger partial charge >= 0.3 is 0 Å². The van der Waals surface area contributed by atoms with Crippen molar-refractivity contribution in [1.82, 2.24) is 9.78 Å². The van der Waals surface area contributed by atoms with Gasteiger partial charge in [-0.15, -0.1) is 11.8 Å². The fourth-order valence-electron chi connectivity index (χ4n) is 3.44. The summed E-state index contributed by atoms with van der Waals surface area (Å²) in [6, 6.07) is 15.8. The van der Waals surface area contributed by atoms with E-state index in [-0.39, 0.29) is 29.2 Å². The first kappa shape index (κ1) is 19.0.